The van der Waals surface area contributed by atoms with Gasteiger partial charge in [-0.2, -0.15) is 0 Å². The van der Waals surface area contributed by atoms with Crippen molar-refractivity contribution in [3.05, 3.63) is 47.5 Å². The molecule has 4 heteroatoms. The third-order valence-corrected chi connectivity index (χ3v) is 5.15. The summed E-state index contributed by atoms with van der Waals surface area (Å²) in [5.41, 5.74) is 4.45. The summed E-state index contributed by atoms with van der Waals surface area (Å²) in [7, 11) is 1.57. The van der Waals surface area contributed by atoms with Crippen molar-refractivity contribution in [2.45, 2.75) is 12.2 Å². The molecule has 0 N–H and O–H groups in total. The molecule has 0 spiro atoms. The molecule has 3 heterocycles. The Morgan fingerprint density at radius 1 is 0.905 bits per heavy atom. The number of carbonyl (C=O) groups excluding carboxylic acids is 2. The van der Waals surface area contributed by atoms with Crippen LogP contribution in [0.5, 0.6) is 0 Å². The molecule has 4 nitrogen and oxygen atoms in total. The number of hydrogen-bond acceptors (Lipinski definition) is 3. The highest BCUT2D eigenvalue weighted by molar-refractivity contribution is 6.06. The van der Waals surface area contributed by atoms with Crippen LogP contribution < -0.4 is 0 Å². The van der Waals surface area contributed by atoms with E-state index in [9.17, 15) is 9.59 Å². The summed E-state index contributed by atoms with van der Waals surface area (Å²) in [6.45, 7) is 0. The van der Waals surface area contributed by atoms with E-state index in [0.29, 0.717) is 0 Å². The highest BCUT2D eigenvalue weighted by Gasteiger charge is 2.63. The second-order valence-electron chi connectivity index (χ2n) is 6.09. The van der Waals surface area contributed by atoms with Gasteiger partial charge in [0.25, 0.3) is 0 Å². The lowest BCUT2D eigenvalue weighted by molar-refractivity contribution is -0.141. The van der Waals surface area contributed by atoms with Crippen LogP contribution in [0.1, 0.15) is 23.3 Å². The van der Waals surface area contributed by atoms with E-state index in [2.05, 4.69) is 30.3 Å². The molecule has 0 aromatic rings. The van der Waals surface area contributed by atoms with E-state index in [-0.39, 0.29) is 35.9 Å². The van der Waals surface area contributed by atoms with Crippen LogP contribution in [-0.4, -0.2) is 23.8 Å². The molecule has 5 rings (SSSR count). The van der Waals surface area contributed by atoms with Crippen LogP contribution in [0.25, 0.3) is 11.1 Å². The molecule has 0 aromatic carbocycles. The highest BCUT2D eigenvalue weighted by atomic mass is 16.5. The normalized spacial score (nSPS) is 32.9. The highest BCUT2D eigenvalue weighted by Crippen LogP contribution is 2.60. The van der Waals surface area contributed by atoms with E-state index >= 15 is 0 Å². The summed E-state index contributed by atoms with van der Waals surface area (Å²) in [5.74, 6) is -0.883. The first kappa shape index (κ1) is 11.5. The van der Waals surface area contributed by atoms with Gasteiger partial charge in [-0.3, -0.25) is 14.5 Å². The molecule has 4 atom stereocenters. The average Bonchev–Trinajstić information content (AvgIpc) is 3.18. The van der Waals surface area contributed by atoms with Crippen molar-refractivity contribution < 1.29 is 14.3 Å². The van der Waals surface area contributed by atoms with Gasteiger partial charge in [0.05, 0.1) is 24.0 Å². The maximum Gasteiger partial charge on any atom is 0.235 e. The molecule has 0 aromatic heterocycles. The van der Waals surface area contributed by atoms with Crippen molar-refractivity contribution in [3.63, 3.8) is 0 Å². The SMILES string of the molecule is CN1C(=O)[C@@H]2[C@H](C1=O)[C@@H]1O[C@H]2c2ccc3cccc-3cc21. The topological polar surface area (TPSA) is 46.6 Å². The first-order valence-electron chi connectivity index (χ1n) is 7.16. The standard InChI is InChI=1S/C17H13NO3/c1-18-16(19)12-13(17(18)20)15-11-7-9-4-2-3-8(9)5-6-10(11)14(12)21-15/h2-7,12-15H,1H3/t12-,13+,14+,15-/m1/s1. The number of fused-ring (bicyclic) bond motifs is 9. The van der Waals surface area contributed by atoms with Gasteiger partial charge in [0.1, 0.15) is 0 Å². The summed E-state index contributed by atoms with van der Waals surface area (Å²) >= 11 is 0. The fourth-order valence-electron chi connectivity index (χ4n) is 4.12. The Balaban J connectivity index is 1.74. The van der Waals surface area contributed by atoms with Crippen molar-refractivity contribution in [3.8, 4) is 11.1 Å². The smallest absolute Gasteiger partial charge is 0.235 e. The van der Waals surface area contributed by atoms with Gasteiger partial charge in [-0.1, -0.05) is 30.3 Å². The molecule has 2 saturated heterocycles. The number of likely N-dealkylation sites (tertiary alicyclic amines) is 1. The number of amides is 2. The molecule has 2 aliphatic carbocycles. The number of hydrogen-bond donors (Lipinski definition) is 0. The van der Waals surface area contributed by atoms with Crippen molar-refractivity contribution >= 4 is 11.8 Å². The van der Waals surface area contributed by atoms with Gasteiger partial charge >= 0.3 is 0 Å². The van der Waals surface area contributed by atoms with Gasteiger partial charge in [0.15, 0.2) is 0 Å². The summed E-state index contributed by atoms with van der Waals surface area (Å²) in [5, 5.41) is 0. The minimum atomic E-state index is -0.340. The molecule has 2 fully saturated rings. The fraction of sp³-hybridized carbons (Fsp3) is 0.294. The Kier molecular flexibility index (Phi) is 1.92. The molecule has 5 aliphatic rings. The molecule has 3 aliphatic heterocycles. The summed E-state index contributed by atoms with van der Waals surface area (Å²) in [6, 6.07) is 12.4. The van der Waals surface area contributed by atoms with Crippen LogP contribution in [0.2, 0.25) is 0 Å². The summed E-state index contributed by atoms with van der Waals surface area (Å²) in [6.07, 6.45) is -0.546. The molecule has 0 radical (unpaired) electrons. The van der Waals surface area contributed by atoms with Crippen molar-refractivity contribution in [1.82, 2.24) is 4.90 Å². The van der Waals surface area contributed by atoms with Crippen LogP contribution in [0.15, 0.2) is 36.4 Å². The van der Waals surface area contributed by atoms with Gasteiger partial charge in [0, 0.05) is 7.05 Å². The maximum atomic E-state index is 12.3. The average molecular weight is 279 g/mol. The number of carbonyl (C=O) groups is 2. The van der Waals surface area contributed by atoms with E-state index < -0.39 is 0 Å². The zero-order valence-electron chi connectivity index (χ0n) is 11.4. The monoisotopic (exact) mass is 279 g/mol. The molecule has 21 heavy (non-hydrogen) atoms. The number of rotatable bonds is 0. The second-order valence-corrected chi connectivity index (χ2v) is 6.09. The predicted octanol–water partition coefficient (Wildman–Crippen LogP) is 2.15. The van der Waals surface area contributed by atoms with Crippen molar-refractivity contribution in [2.24, 2.45) is 11.8 Å². The minimum Gasteiger partial charge on any atom is -0.364 e. The van der Waals surface area contributed by atoms with Crippen LogP contribution >= 0.6 is 0 Å². The van der Waals surface area contributed by atoms with Crippen LogP contribution in [0, 0.1) is 11.8 Å². The Hall–Kier alpha value is -2.20. The molecular weight excluding hydrogens is 266 g/mol. The van der Waals surface area contributed by atoms with Gasteiger partial charge < -0.3 is 4.74 Å². The van der Waals surface area contributed by atoms with Gasteiger partial charge in [0.2, 0.25) is 11.8 Å². The van der Waals surface area contributed by atoms with E-state index in [4.69, 9.17) is 4.74 Å². The third-order valence-electron chi connectivity index (χ3n) is 5.15. The van der Waals surface area contributed by atoms with E-state index in [0.717, 1.165) is 16.7 Å². The molecule has 0 saturated carbocycles. The second kappa shape index (κ2) is 3.52. The van der Waals surface area contributed by atoms with Gasteiger partial charge in [-0.15, -0.1) is 0 Å². The van der Waals surface area contributed by atoms with Crippen molar-refractivity contribution in [2.75, 3.05) is 7.05 Å². The lowest BCUT2D eigenvalue weighted by atomic mass is 9.78. The molecule has 2 bridgehead atoms. The Bertz CT molecular complexity index is 784. The fourth-order valence-corrected chi connectivity index (χ4v) is 4.12. The third kappa shape index (κ3) is 1.20. The number of nitrogens with zero attached hydrogens (tertiary/aromatic N) is 1. The zero-order valence-corrected chi connectivity index (χ0v) is 11.4. The Morgan fingerprint density at radius 3 is 2.33 bits per heavy atom. The summed E-state index contributed by atoms with van der Waals surface area (Å²) < 4.78 is 6.00. The van der Waals surface area contributed by atoms with Gasteiger partial charge in [-0.25, -0.2) is 0 Å². The van der Waals surface area contributed by atoms with Crippen LogP contribution in [0.4, 0.5) is 0 Å². The van der Waals surface area contributed by atoms with E-state index in [1.807, 2.05) is 6.07 Å². The molecule has 104 valence electrons. The van der Waals surface area contributed by atoms with E-state index in [1.54, 1.807) is 7.05 Å². The predicted molar refractivity (Wildman–Crippen MR) is 74.4 cm³/mol. The Labute approximate surface area is 121 Å². The minimum absolute atomic E-state index is 0.103. The van der Waals surface area contributed by atoms with Crippen LogP contribution in [-0.2, 0) is 14.3 Å². The lowest BCUT2D eigenvalue weighted by Gasteiger charge is -2.18. The summed E-state index contributed by atoms with van der Waals surface area (Å²) in [4.78, 5) is 25.9. The molecule has 2 amide bonds. The Morgan fingerprint density at radius 2 is 1.57 bits per heavy atom. The quantitative estimate of drug-likeness (QED) is 0.694. The first-order chi connectivity index (χ1) is 10.2. The zero-order chi connectivity index (χ0) is 14.3. The van der Waals surface area contributed by atoms with E-state index in [1.165, 1.54) is 10.5 Å². The number of imide groups is 1. The number of ether oxygens (including phenoxy) is 1. The first-order valence-corrected chi connectivity index (χ1v) is 7.16. The van der Waals surface area contributed by atoms with Gasteiger partial charge in [-0.05, 0) is 28.3 Å². The molecule has 0 unspecified atom stereocenters. The largest absolute Gasteiger partial charge is 0.364 e. The maximum absolute atomic E-state index is 12.3. The van der Waals surface area contributed by atoms with Crippen molar-refractivity contribution in [1.29, 1.82) is 0 Å². The molecular formula is C17H13NO3. The lowest BCUT2D eigenvalue weighted by Crippen LogP contribution is -2.28. The van der Waals surface area contributed by atoms with Crippen LogP contribution in [0.3, 0.4) is 0 Å².